The van der Waals surface area contributed by atoms with Gasteiger partial charge in [-0.3, -0.25) is 4.90 Å². The number of halogens is 2. The van der Waals surface area contributed by atoms with Gasteiger partial charge in [0.1, 0.15) is 6.33 Å². The molecular formula is C29H31Br2N9O. The molecule has 41 heavy (non-hydrogen) atoms. The highest BCUT2D eigenvalue weighted by molar-refractivity contribution is 9.10. The van der Waals surface area contributed by atoms with Crippen LogP contribution in [0.2, 0.25) is 0 Å². The first-order valence-electron chi connectivity index (χ1n) is 14.0. The van der Waals surface area contributed by atoms with Crippen molar-refractivity contribution in [2.75, 3.05) is 24.6 Å². The molecule has 0 spiro atoms. The molecule has 5 aromatic rings. The van der Waals surface area contributed by atoms with Crippen LogP contribution in [0.4, 0.5) is 5.82 Å². The molecule has 0 bridgehead atoms. The minimum Gasteiger partial charge on any atom is -0.376 e. The van der Waals surface area contributed by atoms with E-state index in [1.165, 1.54) is 11.1 Å². The molecule has 0 saturated carbocycles. The number of piperazine rings is 1. The van der Waals surface area contributed by atoms with Gasteiger partial charge in [-0.1, -0.05) is 61.3 Å². The molecule has 7 rings (SSSR count). The van der Waals surface area contributed by atoms with Crippen LogP contribution in [0, 0.1) is 0 Å². The highest BCUT2D eigenvalue weighted by Crippen LogP contribution is 2.36. The zero-order valence-corrected chi connectivity index (χ0v) is 26.1. The van der Waals surface area contributed by atoms with Gasteiger partial charge in [-0.05, 0) is 62.1 Å². The molecular weight excluding hydrogens is 650 g/mol. The molecule has 2 fully saturated rings. The van der Waals surface area contributed by atoms with E-state index in [9.17, 15) is 0 Å². The second-order valence-corrected chi connectivity index (χ2v) is 12.9. The lowest BCUT2D eigenvalue weighted by Gasteiger charge is -2.48. The fraction of sp³-hybridized carbons (Fsp3) is 0.414. The highest BCUT2D eigenvalue weighted by Gasteiger charge is 2.37. The second kappa shape index (κ2) is 11.0. The molecule has 0 N–H and O–H groups in total. The zero-order chi connectivity index (χ0) is 28.1. The summed E-state index contributed by atoms with van der Waals surface area (Å²) in [5.41, 5.74) is 4.16. The van der Waals surface area contributed by atoms with Gasteiger partial charge in [0.2, 0.25) is 0 Å². The van der Waals surface area contributed by atoms with E-state index in [4.69, 9.17) is 9.72 Å². The average molecular weight is 681 g/mol. The van der Waals surface area contributed by atoms with Crippen molar-refractivity contribution < 1.29 is 4.74 Å². The van der Waals surface area contributed by atoms with E-state index >= 15 is 0 Å². The molecule has 5 heterocycles. The molecule has 2 aliphatic heterocycles. The van der Waals surface area contributed by atoms with Crippen molar-refractivity contribution in [2.24, 2.45) is 0 Å². The standard InChI is InChI=1S/C29H31Br2N9O/c1-18-15-38(19(2)14-37(18)26(20-5-9-22(30)10-6-20)21-7-11-23(31)12-8-21)27-25-28(39-17-32-35-29(39)33-27)40(36-34-25)16-24-4-3-13-41-24/h5-12,17-19,24,26H,3-4,13-16H2,1-2H3/t18-,19+,24-/m1/s1. The van der Waals surface area contributed by atoms with E-state index in [2.05, 4.69) is 125 Å². The number of benzene rings is 2. The Bertz CT molecular complexity index is 1620. The Kier molecular flexibility index (Phi) is 7.26. The van der Waals surface area contributed by atoms with Crippen LogP contribution < -0.4 is 4.90 Å². The molecule has 212 valence electrons. The van der Waals surface area contributed by atoms with Crippen LogP contribution in [0.3, 0.4) is 0 Å². The lowest BCUT2D eigenvalue weighted by Crippen LogP contribution is -2.57. The number of hydrogen-bond acceptors (Lipinski definition) is 8. The van der Waals surface area contributed by atoms with Gasteiger partial charge in [-0.2, -0.15) is 4.98 Å². The molecule has 0 amide bonds. The van der Waals surface area contributed by atoms with E-state index < -0.39 is 0 Å². The van der Waals surface area contributed by atoms with Gasteiger partial charge in [-0.15, -0.1) is 15.3 Å². The smallest absolute Gasteiger partial charge is 0.258 e. The summed E-state index contributed by atoms with van der Waals surface area (Å²) in [6.07, 6.45) is 3.93. The Labute approximate surface area is 255 Å². The Hall–Kier alpha value is -2.93. The quantitative estimate of drug-likeness (QED) is 0.240. The number of aromatic nitrogens is 7. The fourth-order valence-electron chi connectivity index (χ4n) is 6.27. The van der Waals surface area contributed by atoms with E-state index in [-0.39, 0.29) is 24.2 Å². The van der Waals surface area contributed by atoms with Crippen molar-refractivity contribution in [3.8, 4) is 0 Å². The molecule has 3 aromatic heterocycles. The molecule has 0 radical (unpaired) electrons. The van der Waals surface area contributed by atoms with Crippen molar-refractivity contribution in [1.29, 1.82) is 0 Å². The van der Waals surface area contributed by atoms with Gasteiger partial charge in [0, 0.05) is 40.7 Å². The summed E-state index contributed by atoms with van der Waals surface area (Å²) >= 11 is 7.21. The SMILES string of the molecule is C[C@@H]1CN(c2nc3nncn3c3c2nnn3C[C@H]2CCCO2)[C@@H](C)CN1C(c1ccc(Br)cc1)c1ccc(Br)cc1. The molecule has 0 aliphatic carbocycles. The largest absolute Gasteiger partial charge is 0.376 e. The number of anilines is 1. The van der Waals surface area contributed by atoms with Crippen molar-refractivity contribution in [2.45, 2.75) is 57.5 Å². The third-order valence-corrected chi connectivity index (χ3v) is 9.35. The Morgan fingerprint density at radius 3 is 2.29 bits per heavy atom. The Morgan fingerprint density at radius 1 is 0.927 bits per heavy atom. The topological polar surface area (TPSA) is 89.5 Å². The minimum absolute atomic E-state index is 0.120. The molecule has 10 nitrogen and oxygen atoms in total. The van der Waals surface area contributed by atoms with Crippen molar-refractivity contribution in [3.63, 3.8) is 0 Å². The van der Waals surface area contributed by atoms with E-state index in [0.29, 0.717) is 12.3 Å². The van der Waals surface area contributed by atoms with Crippen molar-refractivity contribution >= 4 is 54.6 Å². The Morgan fingerprint density at radius 2 is 1.63 bits per heavy atom. The van der Waals surface area contributed by atoms with Crippen LogP contribution >= 0.6 is 31.9 Å². The van der Waals surface area contributed by atoms with Crippen molar-refractivity contribution in [1.82, 2.24) is 39.5 Å². The fourth-order valence-corrected chi connectivity index (χ4v) is 6.80. The third kappa shape index (κ3) is 5.04. The van der Waals surface area contributed by atoms with Crippen LogP contribution in [-0.4, -0.2) is 77.4 Å². The average Bonchev–Trinajstić information content (AvgIpc) is 3.74. The molecule has 0 unspecified atom stereocenters. The normalized spacial score (nSPS) is 22.0. The maximum absolute atomic E-state index is 5.90. The van der Waals surface area contributed by atoms with Gasteiger partial charge in [0.05, 0.1) is 18.7 Å². The van der Waals surface area contributed by atoms with Gasteiger partial charge in [0.15, 0.2) is 17.0 Å². The first-order chi connectivity index (χ1) is 20.0. The maximum Gasteiger partial charge on any atom is 0.258 e. The summed E-state index contributed by atoms with van der Waals surface area (Å²) in [5, 5.41) is 17.7. The first-order valence-corrected chi connectivity index (χ1v) is 15.6. The van der Waals surface area contributed by atoms with Crippen molar-refractivity contribution in [3.05, 3.63) is 74.9 Å². The number of rotatable bonds is 6. The van der Waals surface area contributed by atoms with Crippen LogP contribution in [0.1, 0.15) is 43.9 Å². The summed E-state index contributed by atoms with van der Waals surface area (Å²) in [6.45, 7) is 7.64. The van der Waals surface area contributed by atoms with Crippen LogP contribution in [0.5, 0.6) is 0 Å². The van der Waals surface area contributed by atoms with Crippen LogP contribution in [0.15, 0.2) is 63.8 Å². The summed E-state index contributed by atoms with van der Waals surface area (Å²) < 4.78 is 11.9. The van der Waals surface area contributed by atoms with Crippen LogP contribution in [-0.2, 0) is 11.3 Å². The van der Waals surface area contributed by atoms with Gasteiger partial charge < -0.3 is 9.64 Å². The highest BCUT2D eigenvalue weighted by atomic mass is 79.9. The third-order valence-electron chi connectivity index (χ3n) is 8.29. The Balaban J connectivity index is 1.24. The van der Waals surface area contributed by atoms with Gasteiger partial charge in [-0.25, -0.2) is 9.08 Å². The molecule has 12 heteroatoms. The lowest BCUT2D eigenvalue weighted by molar-refractivity contribution is 0.0944. The molecule has 2 aliphatic rings. The monoisotopic (exact) mass is 679 g/mol. The minimum atomic E-state index is 0.120. The number of ether oxygens (including phenoxy) is 1. The maximum atomic E-state index is 5.90. The summed E-state index contributed by atoms with van der Waals surface area (Å²) in [5.74, 6) is 1.36. The van der Waals surface area contributed by atoms with Crippen LogP contribution in [0.25, 0.3) is 16.9 Å². The summed E-state index contributed by atoms with van der Waals surface area (Å²) in [4.78, 5) is 9.93. The van der Waals surface area contributed by atoms with E-state index in [1.54, 1.807) is 6.33 Å². The lowest BCUT2D eigenvalue weighted by atomic mass is 9.93. The number of fused-ring (bicyclic) bond motifs is 3. The zero-order valence-electron chi connectivity index (χ0n) is 22.9. The first kappa shape index (κ1) is 26.9. The number of hydrogen-bond donors (Lipinski definition) is 0. The predicted octanol–water partition coefficient (Wildman–Crippen LogP) is 5.26. The summed E-state index contributed by atoms with van der Waals surface area (Å²) in [7, 11) is 0. The second-order valence-electron chi connectivity index (χ2n) is 11.1. The molecule has 2 aromatic carbocycles. The van der Waals surface area contributed by atoms with Gasteiger partial charge >= 0.3 is 0 Å². The molecule has 3 atom stereocenters. The van der Waals surface area contributed by atoms with E-state index in [0.717, 1.165) is 58.5 Å². The predicted molar refractivity (Wildman–Crippen MR) is 164 cm³/mol. The van der Waals surface area contributed by atoms with E-state index in [1.807, 2.05) is 9.08 Å². The number of nitrogens with zero attached hydrogens (tertiary/aromatic N) is 9. The molecule has 2 saturated heterocycles. The summed E-state index contributed by atoms with van der Waals surface area (Å²) in [6, 6.07) is 17.9. The van der Waals surface area contributed by atoms with Gasteiger partial charge in [0.25, 0.3) is 5.78 Å².